The molecule has 0 bridgehead atoms. The summed E-state index contributed by atoms with van der Waals surface area (Å²) in [6.07, 6.45) is 3.54. The fraction of sp³-hybridized carbons (Fsp3) is 0.278. The van der Waals surface area contributed by atoms with Gasteiger partial charge in [0.05, 0.1) is 6.61 Å². The van der Waals surface area contributed by atoms with Crippen LogP contribution in [-0.2, 0) is 7.05 Å². The van der Waals surface area contributed by atoms with Gasteiger partial charge in [0, 0.05) is 30.8 Å². The number of ether oxygens (including phenoxy) is 1. The molecule has 0 radical (unpaired) electrons. The number of aromatic nitrogens is 4. The van der Waals surface area contributed by atoms with Crippen LogP contribution in [0.4, 0.5) is 0 Å². The molecule has 6 heteroatoms. The Bertz CT molecular complexity index is 797. The summed E-state index contributed by atoms with van der Waals surface area (Å²) in [7, 11) is 1.97. The first kappa shape index (κ1) is 16.5. The zero-order valence-corrected chi connectivity index (χ0v) is 14.9. The molecule has 0 amide bonds. The molecule has 0 saturated carbocycles. The molecule has 1 aromatic carbocycles. The second kappa shape index (κ2) is 7.49. The monoisotopic (exact) mass is 340 g/mol. The fourth-order valence-electron chi connectivity index (χ4n) is 2.49. The molecule has 124 valence electrons. The molecule has 0 fully saturated rings. The van der Waals surface area contributed by atoms with E-state index in [9.17, 15) is 0 Å². The van der Waals surface area contributed by atoms with Gasteiger partial charge in [0.25, 0.3) is 0 Å². The van der Waals surface area contributed by atoms with E-state index in [1.54, 1.807) is 24.2 Å². The van der Waals surface area contributed by atoms with Gasteiger partial charge >= 0.3 is 0 Å². The molecule has 3 rings (SSSR count). The Labute approximate surface area is 146 Å². The van der Waals surface area contributed by atoms with Crippen LogP contribution in [0.2, 0.25) is 0 Å². The maximum Gasteiger partial charge on any atom is 0.191 e. The summed E-state index contributed by atoms with van der Waals surface area (Å²) in [5, 5.41) is 9.40. The highest BCUT2D eigenvalue weighted by molar-refractivity contribution is 7.99. The van der Waals surface area contributed by atoms with Crippen molar-refractivity contribution in [3.8, 4) is 17.1 Å². The van der Waals surface area contributed by atoms with Gasteiger partial charge in [-0.3, -0.25) is 4.98 Å². The van der Waals surface area contributed by atoms with E-state index >= 15 is 0 Å². The average molecular weight is 340 g/mol. The molecule has 0 spiro atoms. The van der Waals surface area contributed by atoms with E-state index in [4.69, 9.17) is 4.74 Å². The summed E-state index contributed by atoms with van der Waals surface area (Å²) in [5.74, 6) is 2.61. The molecule has 0 aliphatic carbocycles. The van der Waals surface area contributed by atoms with Crippen LogP contribution >= 0.6 is 11.8 Å². The highest BCUT2D eigenvalue weighted by Crippen LogP contribution is 2.24. The lowest BCUT2D eigenvalue weighted by molar-refractivity contribution is 0.339. The molecule has 24 heavy (non-hydrogen) atoms. The number of rotatable bonds is 6. The van der Waals surface area contributed by atoms with E-state index in [1.165, 1.54) is 0 Å². The van der Waals surface area contributed by atoms with Gasteiger partial charge in [0.15, 0.2) is 11.0 Å². The minimum absolute atomic E-state index is 0.630. The average Bonchev–Trinajstić information content (AvgIpc) is 2.95. The predicted octanol–water partition coefficient (Wildman–Crippen LogP) is 3.67. The molecule has 0 aliphatic rings. The third-order valence-electron chi connectivity index (χ3n) is 3.72. The molecule has 0 N–H and O–H groups in total. The number of hydrogen-bond donors (Lipinski definition) is 0. The summed E-state index contributed by atoms with van der Waals surface area (Å²) in [6, 6.07) is 10.1. The Hall–Kier alpha value is -2.34. The van der Waals surface area contributed by atoms with E-state index in [0.29, 0.717) is 6.61 Å². The van der Waals surface area contributed by atoms with Gasteiger partial charge in [-0.2, -0.15) is 0 Å². The highest BCUT2D eigenvalue weighted by Gasteiger charge is 2.11. The quantitative estimate of drug-likeness (QED) is 0.506. The Balaban J connectivity index is 1.59. The van der Waals surface area contributed by atoms with Crippen LogP contribution in [-0.4, -0.2) is 32.1 Å². The van der Waals surface area contributed by atoms with E-state index in [-0.39, 0.29) is 0 Å². The molecule has 0 saturated heterocycles. The van der Waals surface area contributed by atoms with Gasteiger partial charge in [0.2, 0.25) is 0 Å². The summed E-state index contributed by atoms with van der Waals surface area (Å²) in [5.41, 5.74) is 3.29. The fourth-order valence-corrected chi connectivity index (χ4v) is 3.22. The highest BCUT2D eigenvalue weighted by atomic mass is 32.2. The Kier molecular flexibility index (Phi) is 5.15. The van der Waals surface area contributed by atoms with Crippen LogP contribution in [0, 0.1) is 13.8 Å². The Morgan fingerprint density at radius 2 is 1.88 bits per heavy atom. The number of pyridine rings is 1. The van der Waals surface area contributed by atoms with Gasteiger partial charge in [-0.05, 0) is 37.1 Å². The van der Waals surface area contributed by atoms with Gasteiger partial charge in [-0.25, -0.2) is 0 Å². The molecule has 0 aliphatic heterocycles. The SMILES string of the molecule is Cc1cccc(C)c1OCCSc1nnc(-c2cccnc2)n1C. The van der Waals surface area contributed by atoms with Crippen molar-refractivity contribution in [1.29, 1.82) is 0 Å². The van der Waals surface area contributed by atoms with Crippen LogP contribution in [0.5, 0.6) is 5.75 Å². The summed E-state index contributed by atoms with van der Waals surface area (Å²) < 4.78 is 7.92. The van der Waals surface area contributed by atoms with Crippen LogP contribution < -0.4 is 4.74 Å². The normalized spacial score (nSPS) is 10.8. The molecular formula is C18H20N4OS. The van der Waals surface area contributed by atoms with Crippen molar-refractivity contribution in [3.63, 3.8) is 0 Å². The first-order valence-corrected chi connectivity index (χ1v) is 8.77. The van der Waals surface area contributed by atoms with Crippen molar-refractivity contribution in [2.45, 2.75) is 19.0 Å². The van der Waals surface area contributed by atoms with Crippen molar-refractivity contribution in [2.75, 3.05) is 12.4 Å². The zero-order valence-electron chi connectivity index (χ0n) is 14.1. The smallest absolute Gasteiger partial charge is 0.191 e. The molecular weight excluding hydrogens is 320 g/mol. The van der Waals surface area contributed by atoms with Crippen LogP contribution in [0.25, 0.3) is 11.4 Å². The summed E-state index contributed by atoms with van der Waals surface area (Å²) >= 11 is 1.64. The molecule has 2 aromatic heterocycles. The Morgan fingerprint density at radius 3 is 2.58 bits per heavy atom. The summed E-state index contributed by atoms with van der Waals surface area (Å²) in [4.78, 5) is 4.13. The topological polar surface area (TPSA) is 52.8 Å². The largest absolute Gasteiger partial charge is 0.492 e. The molecule has 0 atom stereocenters. The maximum absolute atomic E-state index is 5.93. The second-order valence-electron chi connectivity index (χ2n) is 5.52. The summed E-state index contributed by atoms with van der Waals surface area (Å²) in [6.45, 7) is 4.77. The number of benzene rings is 1. The van der Waals surface area contributed by atoms with Gasteiger partial charge in [-0.1, -0.05) is 30.0 Å². The number of para-hydroxylation sites is 1. The standard InChI is InChI=1S/C18H20N4OS/c1-13-6-4-7-14(2)16(13)23-10-11-24-18-21-20-17(22(18)3)15-8-5-9-19-12-15/h4-9,12H,10-11H2,1-3H3. The Morgan fingerprint density at radius 1 is 1.08 bits per heavy atom. The zero-order chi connectivity index (χ0) is 16.9. The van der Waals surface area contributed by atoms with Crippen LogP contribution in [0.15, 0.2) is 47.9 Å². The van der Waals surface area contributed by atoms with Gasteiger partial charge in [0.1, 0.15) is 5.75 Å². The van der Waals surface area contributed by atoms with Crippen LogP contribution in [0.3, 0.4) is 0 Å². The lowest BCUT2D eigenvalue weighted by atomic mass is 10.1. The second-order valence-corrected chi connectivity index (χ2v) is 6.59. The van der Waals surface area contributed by atoms with E-state index in [0.717, 1.165) is 39.2 Å². The third kappa shape index (κ3) is 3.59. The molecule has 2 heterocycles. The maximum atomic E-state index is 5.93. The minimum atomic E-state index is 0.630. The third-order valence-corrected chi connectivity index (χ3v) is 4.71. The first-order valence-electron chi connectivity index (χ1n) is 7.78. The lowest BCUT2D eigenvalue weighted by Gasteiger charge is -2.11. The number of hydrogen-bond acceptors (Lipinski definition) is 5. The lowest BCUT2D eigenvalue weighted by Crippen LogP contribution is -2.04. The van der Waals surface area contributed by atoms with E-state index < -0.39 is 0 Å². The van der Waals surface area contributed by atoms with Crippen molar-refractivity contribution in [2.24, 2.45) is 7.05 Å². The van der Waals surface area contributed by atoms with E-state index in [2.05, 4.69) is 41.2 Å². The number of thioether (sulfide) groups is 1. The number of nitrogens with zero attached hydrogens (tertiary/aromatic N) is 4. The van der Waals surface area contributed by atoms with Crippen molar-refractivity contribution < 1.29 is 4.74 Å². The van der Waals surface area contributed by atoms with Crippen LogP contribution in [0.1, 0.15) is 11.1 Å². The molecule has 5 nitrogen and oxygen atoms in total. The predicted molar refractivity (Wildman–Crippen MR) is 96.4 cm³/mol. The molecule has 0 unspecified atom stereocenters. The van der Waals surface area contributed by atoms with E-state index in [1.807, 2.05) is 29.8 Å². The number of aryl methyl sites for hydroxylation is 2. The van der Waals surface area contributed by atoms with Gasteiger partial charge in [-0.15, -0.1) is 10.2 Å². The first-order chi connectivity index (χ1) is 11.7. The van der Waals surface area contributed by atoms with Crippen molar-refractivity contribution in [1.82, 2.24) is 19.7 Å². The van der Waals surface area contributed by atoms with Gasteiger partial charge < -0.3 is 9.30 Å². The van der Waals surface area contributed by atoms with Crippen molar-refractivity contribution in [3.05, 3.63) is 53.9 Å². The van der Waals surface area contributed by atoms with Crippen molar-refractivity contribution >= 4 is 11.8 Å². The minimum Gasteiger partial charge on any atom is -0.492 e. The molecule has 3 aromatic rings.